The van der Waals surface area contributed by atoms with Gasteiger partial charge in [-0.1, -0.05) is 67.6 Å². The summed E-state index contributed by atoms with van der Waals surface area (Å²) in [7, 11) is 0. The molecule has 1 nitrogen and oxygen atoms in total. The first-order chi connectivity index (χ1) is 10.7. The van der Waals surface area contributed by atoms with Gasteiger partial charge in [-0.15, -0.1) is 0 Å². The molecule has 0 saturated heterocycles. The molecule has 0 aliphatic heterocycles. The summed E-state index contributed by atoms with van der Waals surface area (Å²) < 4.78 is 0. The van der Waals surface area contributed by atoms with Crippen LogP contribution in [0.3, 0.4) is 0 Å². The lowest BCUT2D eigenvalue weighted by atomic mass is 9.75. The minimum Gasteiger partial charge on any atom is -0.376 e. The van der Waals surface area contributed by atoms with Crippen molar-refractivity contribution in [3.8, 4) is 0 Å². The van der Waals surface area contributed by atoms with E-state index in [1.807, 2.05) is 0 Å². The Morgan fingerprint density at radius 1 is 1.05 bits per heavy atom. The Hall–Kier alpha value is -1.86. The first kappa shape index (κ1) is 15.1. The Labute approximate surface area is 133 Å². The highest BCUT2D eigenvalue weighted by atomic mass is 16.3. The van der Waals surface area contributed by atoms with Gasteiger partial charge in [0.2, 0.25) is 0 Å². The van der Waals surface area contributed by atoms with Crippen molar-refractivity contribution in [1.82, 2.24) is 0 Å². The number of rotatable bonds is 4. The number of aliphatic hydroxyl groups is 1. The Morgan fingerprint density at radius 3 is 2.45 bits per heavy atom. The molecule has 22 heavy (non-hydrogen) atoms. The molecule has 2 aliphatic carbocycles. The van der Waals surface area contributed by atoms with E-state index in [0.29, 0.717) is 0 Å². The minimum absolute atomic E-state index is 0.910. The van der Waals surface area contributed by atoms with E-state index in [1.54, 1.807) is 0 Å². The van der Waals surface area contributed by atoms with Crippen LogP contribution in [0.2, 0.25) is 0 Å². The Balaban J connectivity index is 2.09. The predicted molar refractivity (Wildman–Crippen MR) is 92.6 cm³/mol. The summed E-state index contributed by atoms with van der Waals surface area (Å²) in [6.07, 6.45) is 17.8. The second-order valence-corrected chi connectivity index (χ2v) is 6.06. The molecule has 0 saturated carbocycles. The van der Waals surface area contributed by atoms with E-state index in [2.05, 4.69) is 67.6 Å². The zero-order chi connectivity index (χ0) is 15.4. The summed E-state index contributed by atoms with van der Waals surface area (Å²) in [4.78, 5) is 0. The summed E-state index contributed by atoms with van der Waals surface area (Å²) in [6, 6.07) is 8.43. The van der Waals surface area contributed by atoms with Crippen molar-refractivity contribution in [2.45, 2.75) is 44.6 Å². The number of hydrogen-bond acceptors (Lipinski definition) is 1. The third-order valence-electron chi connectivity index (χ3n) is 4.67. The Kier molecular flexibility index (Phi) is 4.44. The zero-order valence-corrected chi connectivity index (χ0v) is 13.3. The van der Waals surface area contributed by atoms with Crippen LogP contribution in [0.1, 0.15) is 43.7 Å². The SMILES string of the molecule is CCc1ccc(C(O)(C2=CCCC=C2)C2=CC=CCC2)cc1. The van der Waals surface area contributed by atoms with Gasteiger partial charge in [0.25, 0.3) is 0 Å². The summed E-state index contributed by atoms with van der Waals surface area (Å²) in [5.41, 5.74) is 3.40. The van der Waals surface area contributed by atoms with Crippen molar-refractivity contribution in [2.24, 2.45) is 0 Å². The van der Waals surface area contributed by atoms with E-state index in [9.17, 15) is 5.11 Å². The molecule has 1 heteroatoms. The number of allylic oxidation sites excluding steroid dienone is 5. The molecule has 1 aromatic carbocycles. The van der Waals surface area contributed by atoms with Gasteiger partial charge < -0.3 is 5.11 Å². The van der Waals surface area contributed by atoms with Gasteiger partial charge in [-0.05, 0) is 54.4 Å². The van der Waals surface area contributed by atoms with Crippen molar-refractivity contribution in [1.29, 1.82) is 0 Å². The fraction of sp³-hybridized carbons (Fsp3) is 0.333. The van der Waals surface area contributed by atoms with Crippen LogP contribution in [0.25, 0.3) is 0 Å². The molecule has 0 radical (unpaired) electrons. The molecule has 0 aromatic heterocycles. The van der Waals surface area contributed by atoms with Crippen LogP contribution in [0.4, 0.5) is 0 Å². The molecule has 3 rings (SSSR count). The molecule has 0 heterocycles. The third kappa shape index (κ3) is 2.74. The summed E-state index contributed by atoms with van der Waals surface area (Å²) in [6.45, 7) is 2.15. The molecule has 2 aliphatic rings. The zero-order valence-electron chi connectivity index (χ0n) is 13.3. The first-order valence-corrected chi connectivity index (χ1v) is 8.30. The van der Waals surface area contributed by atoms with Crippen molar-refractivity contribution in [2.75, 3.05) is 0 Å². The number of aryl methyl sites for hydroxylation is 1. The molecule has 1 aromatic rings. The summed E-state index contributed by atoms with van der Waals surface area (Å²) in [5.74, 6) is 0. The molecule has 0 fully saturated rings. The first-order valence-electron chi connectivity index (χ1n) is 8.30. The highest BCUT2D eigenvalue weighted by molar-refractivity contribution is 5.50. The molecule has 0 bridgehead atoms. The smallest absolute Gasteiger partial charge is 0.136 e. The van der Waals surface area contributed by atoms with Gasteiger partial charge in [0, 0.05) is 0 Å². The van der Waals surface area contributed by atoms with Crippen molar-refractivity contribution >= 4 is 0 Å². The Morgan fingerprint density at radius 2 is 1.86 bits per heavy atom. The lowest BCUT2D eigenvalue weighted by molar-refractivity contribution is 0.115. The van der Waals surface area contributed by atoms with Crippen LogP contribution in [-0.4, -0.2) is 5.11 Å². The lowest BCUT2D eigenvalue weighted by Crippen LogP contribution is -2.31. The molecule has 0 amide bonds. The van der Waals surface area contributed by atoms with Gasteiger partial charge in [0.05, 0.1) is 0 Å². The highest BCUT2D eigenvalue weighted by Gasteiger charge is 2.36. The molecule has 114 valence electrons. The van der Waals surface area contributed by atoms with Crippen LogP contribution < -0.4 is 0 Å². The second kappa shape index (κ2) is 6.50. The van der Waals surface area contributed by atoms with Gasteiger partial charge in [0.1, 0.15) is 5.60 Å². The van der Waals surface area contributed by atoms with Crippen LogP contribution in [0.15, 0.2) is 71.9 Å². The van der Waals surface area contributed by atoms with Crippen molar-refractivity contribution in [3.63, 3.8) is 0 Å². The van der Waals surface area contributed by atoms with Crippen molar-refractivity contribution < 1.29 is 5.11 Å². The van der Waals surface area contributed by atoms with Crippen molar-refractivity contribution in [3.05, 3.63) is 83.0 Å². The molecule has 1 atom stereocenters. The van der Waals surface area contributed by atoms with Gasteiger partial charge in [-0.2, -0.15) is 0 Å². The quantitative estimate of drug-likeness (QED) is 0.829. The standard InChI is InChI=1S/C21H24O/c1-2-17-13-15-20(16-14-17)21(22,18-9-5-3-6-10-18)19-11-7-4-8-12-19/h3,5,7,9,11-16,22H,2,4,6,8,10H2,1H3. The van der Waals surface area contributed by atoms with E-state index in [-0.39, 0.29) is 0 Å². The fourth-order valence-electron chi connectivity index (χ4n) is 3.30. The van der Waals surface area contributed by atoms with Gasteiger partial charge >= 0.3 is 0 Å². The van der Waals surface area contributed by atoms with E-state index >= 15 is 0 Å². The van der Waals surface area contributed by atoms with E-state index in [0.717, 1.165) is 48.8 Å². The third-order valence-corrected chi connectivity index (χ3v) is 4.67. The lowest BCUT2D eigenvalue weighted by Gasteiger charge is -2.35. The van der Waals surface area contributed by atoms with E-state index in [1.165, 1.54) is 5.56 Å². The van der Waals surface area contributed by atoms with E-state index in [4.69, 9.17) is 0 Å². The Bertz CT molecular complexity index is 643. The van der Waals surface area contributed by atoms with Crippen LogP contribution in [-0.2, 0) is 12.0 Å². The maximum atomic E-state index is 11.7. The predicted octanol–water partition coefficient (Wildman–Crippen LogP) is 4.99. The molecule has 1 unspecified atom stereocenters. The summed E-state index contributed by atoms with van der Waals surface area (Å²) in [5, 5.41) is 11.7. The molecule has 1 N–H and O–H groups in total. The molecular formula is C21H24O. The van der Waals surface area contributed by atoms with Gasteiger partial charge in [0.15, 0.2) is 0 Å². The largest absolute Gasteiger partial charge is 0.376 e. The summed E-state index contributed by atoms with van der Waals surface area (Å²) >= 11 is 0. The minimum atomic E-state index is -0.992. The topological polar surface area (TPSA) is 20.2 Å². The highest BCUT2D eigenvalue weighted by Crippen LogP contribution is 2.42. The maximum Gasteiger partial charge on any atom is 0.136 e. The van der Waals surface area contributed by atoms with Crippen LogP contribution in [0, 0.1) is 0 Å². The second-order valence-electron chi connectivity index (χ2n) is 6.06. The fourth-order valence-corrected chi connectivity index (χ4v) is 3.30. The molecule has 0 spiro atoms. The maximum absolute atomic E-state index is 11.7. The monoisotopic (exact) mass is 292 g/mol. The average molecular weight is 292 g/mol. The van der Waals surface area contributed by atoms with E-state index < -0.39 is 5.60 Å². The van der Waals surface area contributed by atoms with Gasteiger partial charge in [-0.3, -0.25) is 0 Å². The molecular weight excluding hydrogens is 268 g/mol. The van der Waals surface area contributed by atoms with Crippen LogP contribution in [0.5, 0.6) is 0 Å². The van der Waals surface area contributed by atoms with Crippen LogP contribution >= 0.6 is 0 Å². The van der Waals surface area contributed by atoms with Gasteiger partial charge in [-0.25, -0.2) is 0 Å². The average Bonchev–Trinajstić information content (AvgIpc) is 2.62. The normalized spacial score (nSPS) is 20.3. The number of hydrogen-bond donors (Lipinski definition) is 1. The number of benzene rings is 1.